The number of fused-ring (bicyclic) bond motifs is 1. The molecule has 2 N–H and O–H groups in total. The van der Waals surface area contributed by atoms with E-state index in [1.54, 1.807) is 0 Å². The van der Waals surface area contributed by atoms with Crippen molar-refractivity contribution in [3.63, 3.8) is 0 Å². The number of nitrogens with two attached hydrogens (primary N) is 1. The van der Waals surface area contributed by atoms with Gasteiger partial charge in [-0.2, -0.15) is 0 Å². The monoisotopic (exact) mass is 271 g/mol. The van der Waals surface area contributed by atoms with E-state index >= 15 is 0 Å². The molecule has 0 aliphatic carbocycles. The van der Waals surface area contributed by atoms with Crippen molar-refractivity contribution in [2.45, 2.75) is 23.7 Å². The zero-order valence-corrected chi connectivity index (χ0v) is 10.4. The zero-order chi connectivity index (χ0) is 9.97. The Hall–Kier alpha value is 0.0100. The second-order valence-corrected chi connectivity index (χ2v) is 5.54. The highest BCUT2D eigenvalue weighted by molar-refractivity contribution is 9.10. The molecule has 0 amide bonds. The van der Waals surface area contributed by atoms with Crippen LogP contribution in [-0.2, 0) is 0 Å². The molecule has 14 heavy (non-hydrogen) atoms. The quantitative estimate of drug-likeness (QED) is 0.848. The predicted octanol–water partition coefficient (Wildman–Crippen LogP) is 3.38. The maximum absolute atomic E-state index is 5.81. The molecule has 1 aromatic carbocycles. The van der Waals surface area contributed by atoms with Crippen molar-refractivity contribution in [1.29, 1.82) is 0 Å². The lowest BCUT2D eigenvalue weighted by Gasteiger charge is -2.15. The molecule has 0 bridgehead atoms. The van der Waals surface area contributed by atoms with Gasteiger partial charge in [0.15, 0.2) is 0 Å². The van der Waals surface area contributed by atoms with Crippen molar-refractivity contribution in [2.24, 2.45) is 5.73 Å². The first-order valence-electron chi connectivity index (χ1n) is 4.94. The Morgan fingerprint density at radius 2 is 2.36 bits per heavy atom. The van der Waals surface area contributed by atoms with Crippen LogP contribution in [0.3, 0.4) is 0 Å². The number of hydrogen-bond donors (Lipinski definition) is 1. The highest BCUT2D eigenvalue weighted by Crippen LogP contribution is 2.39. The predicted molar refractivity (Wildman–Crippen MR) is 65.9 cm³/mol. The summed E-state index contributed by atoms with van der Waals surface area (Å²) in [5.74, 6) is 1.77. The standard InChI is InChI=1S/C11H14BrNS/c12-10-5-1-4-9-8(7-13)3-2-6-14-11(9)10/h1,4-5,8H,2-3,6-7,13H2. The summed E-state index contributed by atoms with van der Waals surface area (Å²) in [6.07, 6.45) is 2.50. The van der Waals surface area contributed by atoms with Gasteiger partial charge in [-0.15, -0.1) is 11.8 Å². The summed E-state index contributed by atoms with van der Waals surface area (Å²) in [6, 6.07) is 6.44. The molecule has 1 aliphatic heterocycles. The van der Waals surface area contributed by atoms with Gasteiger partial charge in [0.05, 0.1) is 0 Å². The maximum atomic E-state index is 5.81. The number of hydrogen-bond acceptors (Lipinski definition) is 2. The van der Waals surface area contributed by atoms with Gasteiger partial charge in [-0.05, 0) is 58.6 Å². The van der Waals surface area contributed by atoms with Gasteiger partial charge in [-0.25, -0.2) is 0 Å². The maximum Gasteiger partial charge on any atom is 0.0314 e. The molecular weight excluding hydrogens is 258 g/mol. The first kappa shape index (κ1) is 10.5. The van der Waals surface area contributed by atoms with Crippen LogP contribution >= 0.6 is 27.7 Å². The molecule has 0 saturated heterocycles. The van der Waals surface area contributed by atoms with Gasteiger partial charge in [0.2, 0.25) is 0 Å². The molecule has 1 aliphatic rings. The molecule has 1 atom stereocenters. The summed E-state index contributed by atoms with van der Waals surface area (Å²) in [7, 11) is 0. The minimum atomic E-state index is 0.553. The van der Waals surface area contributed by atoms with Crippen LogP contribution in [0.2, 0.25) is 0 Å². The van der Waals surface area contributed by atoms with E-state index in [1.165, 1.54) is 33.5 Å². The van der Waals surface area contributed by atoms with Gasteiger partial charge in [0.1, 0.15) is 0 Å². The topological polar surface area (TPSA) is 26.0 Å². The van der Waals surface area contributed by atoms with Gasteiger partial charge >= 0.3 is 0 Å². The summed E-state index contributed by atoms with van der Waals surface area (Å²) in [5.41, 5.74) is 7.25. The van der Waals surface area contributed by atoms with Crippen molar-refractivity contribution in [3.05, 3.63) is 28.2 Å². The lowest BCUT2D eigenvalue weighted by Crippen LogP contribution is -2.12. The average Bonchev–Trinajstić information content (AvgIpc) is 2.40. The van der Waals surface area contributed by atoms with Gasteiger partial charge < -0.3 is 5.73 Å². The van der Waals surface area contributed by atoms with E-state index in [0.29, 0.717) is 5.92 Å². The van der Waals surface area contributed by atoms with Gasteiger partial charge in [0, 0.05) is 9.37 Å². The van der Waals surface area contributed by atoms with E-state index in [1.807, 2.05) is 11.8 Å². The Labute approximate surface area is 97.6 Å². The third-order valence-corrected chi connectivity index (χ3v) is 4.83. The second kappa shape index (κ2) is 4.69. The Morgan fingerprint density at radius 3 is 3.14 bits per heavy atom. The fourth-order valence-corrected chi connectivity index (χ4v) is 3.75. The van der Waals surface area contributed by atoms with E-state index in [-0.39, 0.29) is 0 Å². The van der Waals surface area contributed by atoms with Crippen LogP contribution < -0.4 is 5.73 Å². The highest BCUT2D eigenvalue weighted by atomic mass is 79.9. The molecule has 1 heterocycles. The molecule has 1 unspecified atom stereocenters. The molecule has 1 aromatic rings. The molecule has 0 fully saturated rings. The third-order valence-electron chi connectivity index (χ3n) is 2.67. The minimum absolute atomic E-state index is 0.553. The van der Waals surface area contributed by atoms with E-state index in [9.17, 15) is 0 Å². The van der Waals surface area contributed by atoms with Gasteiger partial charge in [-0.1, -0.05) is 12.1 Å². The first-order chi connectivity index (χ1) is 6.83. The fraction of sp³-hybridized carbons (Fsp3) is 0.455. The molecule has 1 nitrogen and oxygen atoms in total. The average molecular weight is 272 g/mol. The molecule has 76 valence electrons. The Morgan fingerprint density at radius 1 is 1.50 bits per heavy atom. The summed E-state index contributed by atoms with van der Waals surface area (Å²) < 4.78 is 1.22. The molecule has 0 saturated carbocycles. The van der Waals surface area contributed by atoms with Crippen LogP contribution in [0.15, 0.2) is 27.6 Å². The number of benzene rings is 1. The number of rotatable bonds is 1. The summed E-state index contributed by atoms with van der Waals surface area (Å²) >= 11 is 5.56. The smallest absolute Gasteiger partial charge is 0.0314 e. The highest BCUT2D eigenvalue weighted by Gasteiger charge is 2.18. The SMILES string of the molecule is NCC1CCCSc2c(Br)cccc21. The fourth-order valence-electron chi connectivity index (χ4n) is 1.90. The van der Waals surface area contributed by atoms with E-state index in [4.69, 9.17) is 5.73 Å². The molecule has 0 aromatic heterocycles. The van der Waals surface area contributed by atoms with E-state index in [2.05, 4.69) is 34.1 Å². The minimum Gasteiger partial charge on any atom is -0.330 e. The van der Waals surface area contributed by atoms with Gasteiger partial charge in [-0.3, -0.25) is 0 Å². The number of halogens is 1. The second-order valence-electron chi connectivity index (χ2n) is 3.58. The van der Waals surface area contributed by atoms with Crippen LogP contribution in [0.1, 0.15) is 24.3 Å². The van der Waals surface area contributed by atoms with E-state index < -0.39 is 0 Å². The van der Waals surface area contributed by atoms with Crippen LogP contribution in [0.5, 0.6) is 0 Å². The van der Waals surface area contributed by atoms with Crippen molar-refractivity contribution < 1.29 is 0 Å². The van der Waals surface area contributed by atoms with Crippen molar-refractivity contribution in [1.82, 2.24) is 0 Å². The van der Waals surface area contributed by atoms with E-state index in [0.717, 1.165) is 6.54 Å². The number of thioether (sulfide) groups is 1. The molecular formula is C11H14BrNS. The summed E-state index contributed by atoms with van der Waals surface area (Å²) in [4.78, 5) is 1.40. The Kier molecular flexibility index (Phi) is 3.52. The summed E-state index contributed by atoms with van der Waals surface area (Å²) in [5, 5.41) is 0. The molecule has 2 rings (SSSR count). The Balaban J connectivity index is 2.44. The zero-order valence-electron chi connectivity index (χ0n) is 8.00. The molecule has 0 radical (unpaired) electrons. The summed E-state index contributed by atoms with van der Waals surface area (Å²) in [6.45, 7) is 0.768. The lowest BCUT2D eigenvalue weighted by atomic mass is 9.95. The molecule has 0 spiro atoms. The van der Waals surface area contributed by atoms with Gasteiger partial charge in [0.25, 0.3) is 0 Å². The van der Waals surface area contributed by atoms with Crippen molar-refractivity contribution >= 4 is 27.7 Å². The van der Waals surface area contributed by atoms with Crippen LogP contribution in [0.4, 0.5) is 0 Å². The Bertz CT molecular complexity index is 327. The lowest BCUT2D eigenvalue weighted by molar-refractivity contribution is 0.623. The first-order valence-corrected chi connectivity index (χ1v) is 6.72. The molecule has 3 heteroatoms. The normalized spacial score (nSPS) is 21.4. The van der Waals surface area contributed by atoms with Crippen molar-refractivity contribution in [2.75, 3.05) is 12.3 Å². The van der Waals surface area contributed by atoms with Crippen LogP contribution in [0, 0.1) is 0 Å². The van der Waals surface area contributed by atoms with Crippen LogP contribution in [0.25, 0.3) is 0 Å². The largest absolute Gasteiger partial charge is 0.330 e. The third kappa shape index (κ3) is 2.00. The van der Waals surface area contributed by atoms with Crippen molar-refractivity contribution in [3.8, 4) is 0 Å². The van der Waals surface area contributed by atoms with Crippen LogP contribution in [-0.4, -0.2) is 12.3 Å².